The van der Waals surface area contributed by atoms with Gasteiger partial charge >= 0.3 is 0 Å². The van der Waals surface area contributed by atoms with E-state index < -0.39 is 0 Å². The monoisotopic (exact) mass is 208 g/mol. The first-order chi connectivity index (χ1) is 7.27. The highest BCUT2D eigenvalue weighted by molar-refractivity contribution is 5.01. The van der Waals surface area contributed by atoms with Crippen LogP contribution in [0.4, 0.5) is 0 Å². The molecule has 2 saturated heterocycles. The van der Waals surface area contributed by atoms with Crippen molar-refractivity contribution >= 4 is 0 Å². The smallest absolute Gasteiger partial charge is 0.0122 e. The highest BCUT2D eigenvalue weighted by atomic mass is 15.2. The predicted octanol–water partition coefficient (Wildman–Crippen LogP) is 2.00. The molecule has 2 atom stereocenters. The summed E-state index contributed by atoms with van der Waals surface area (Å²) in [5.74, 6) is 0. The molecule has 2 heteroatoms. The quantitative estimate of drug-likeness (QED) is 0.709. The summed E-state index contributed by atoms with van der Waals surface area (Å²) in [6.07, 6.45) is 8.78. The van der Waals surface area contributed by atoms with Gasteiger partial charge in [-0.25, -0.2) is 0 Å². The number of rotatable bonds is 1. The molecule has 2 unspecified atom stereocenters. The summed E-state index contributed by atoms with van der Waals surface area (Å²) in [5.41, 5.74) is 0.786. The van der Waals surface area contributed by atoms with Crippen LogP contribution >= 0.6 is 0 Å². The first kappa shape index (κ1) is 10.1. The van der Waals surface area contributed by atoms with Crippen LogP contribution in [-0.4, -0.2) is 36.6 Å². The van der Waals surface area contributed by atoms with Crippen molar-refractivity contribution in [2.45, 2.75) is 57.5 Å². The van der Waals surface area contributed by atoms with Crippen molar-refractivity contribution in [2.24, 2.45) is 5.41 Å². The van der Waals surface area contributed by atoms with Crippen molar-refractivity contribution < 1.29 is 0 Å². The van der Waals surface area contributed by atoms with Crippen LogP contribution in [0.2, 0.25) is 0 Å². The van der Waals surface area contributed by atoms with Gasteiger partial charge in [0.15, 0.2) is 0 Å². The van der Waals surface area contributed by atoms with E-state index in [9.17, 15) is 0 Å². The molecular weight excluding hydrogens is 184 g/mol. The molecule has 3 fully saturated rings. The molecule has 0 radical (unpaired) electrons. The number of likely N-dealkylation sites (tertiary alicyclic amines) is 1. The maximum atomic E-state index is 3.55. The summed E-state index contributed by atoms with van der Waals surface area (Å²) in [4.78, 5) is 2.77. The van der Waals surface area contributed by atoms with Crippen molar-refractivity contribution in [3.05, 3.63) is 0 Å². The lowest BCUT2D eigenvalue weighted by atomic mass is 9.76. The van der Waals surface area contributed by atoms with E-state index in [1.165, 1.54) is 58.2 Å². The largest absolute Gasteiger partial charge is 0.314 e. The summed E-state index contributed by atoms with van der Waals surface area (Å²) < 4.78 is 0. The number of nitrogens with one attached hydrogen (secondary N) is 1. The Balaban J connectivity index is 1.53. The minimum atomic E-state index is 0.740. The van der Waals surface area contributed by atoms with Crippen molar-refractivity contribution in [1.82, 2.24) is 10.2 Å². The van der Waals surface area contributed by atoms with Crippen molar-refractivity contribution in [3.63, 3.8) is 0 Å². The maximum Gasteiger partial charge on any atom is 0.0122 e. The molecule has 0 aromatic heterocycles. The predicted molar refractivity (Wildman–Crippen MR) is 63.0 cm³/mol. The third-order valence-electron chi connectivity index (χ3n) is 4.85. The fourth-order valence-electron chi connectivity index (χ4n) is 3.95. The van der Waals surface area contributed by atoms with Crippen LogP contribution in [0, 0.1) is 5.41 Å². The van der Waals surface area contributed by atoms with E-state index >= 15 is 0 Å². The summed E-state index contributed by atoms with van der Waals surface area (Å²) >= 11 is 0. The molecule has 1 aliphatic carbocycles. The zero-order chi connectivity index (χ0) is 10.3. The van der Waals surface area contributed by atoms with Crippen molar-refractivity contribution in [1.29, 1.82) is 0 Å². The second kappa shape index (κ2) is 3.74. The van der Waals surface area contributed by atoms with Crippen molar-refractivity contribution in [3.8, 4) is 0 Å². The van der Waals surface area contributed by atoms with Gasteiger partial charge in [-0.3, -0.25) is 4.90 Å². The second-order valence-electron chi connectivity index (χ2n) is 6.15. The topological polar surface area (TPSA) is 15.3 Å². The number of piperidine rings is 1. The third kappa shape index (κ3) is 1.83. The van der Waals surface area contributed by atoms with Crippen molar-refractivity contribution in [2.75, 3.05) is 19.6 Å². The van der Waals surface area contributed by atoms with Gasteiger partial charge in [-0.2, -0.15) is 0 Å². The zero-order valence-corrected chi connectivity index (χ0v) is 9.97. The lowest BCUT2D eigenvalue weighted by Crippen LogP contribution is -2.61. The molecule has 2 aliphatic heterocycles. The highest BCUT2D eigenvalue weighted by Gasteiger charge is 2.46. The van der Waals surface area contributed by atoms with E-state index in [1.54, 1.807) is 0 Å². The average Bonchev–Trinajstić information content (AvgIpc) is 2.64. The summed E-state index contributed by atoms with van der Waals surface area (Å²) in [5, 5.41) is 3.55. The molecule has 1 saturated carbocycles. The van der Waals surface area contributed by atoms with Crippen LogP contribution in [0.1, 0.15) is 45.4 Å². The van der Waals surface area contributed by atoms with Crippen LogP contribution in [0.3, 0.4) is 0 Å². The number of hydrogen-bond acceptors (Lipinski definition) is 2. The molecular formula is C13H24N2. The molecule has 86 valence electrons. The second-order valence-corrected chi connectivity index (χ2v) is 6.15. The lowest BCUT2D eigenvalue weighted by molar-refractivity contribution is -0.0384. The van der Waals surface area contributed by atoms with Gasteiger partial charge in [0, 0.05) is 25.2 Å². The Kier molecular flexibility index (Phi) is 2.52. The fourth-order valence-corrected chi connectivity index (χ4v) is 3.95. The van der Waals surface area contributed by atoms with Gasteiger partial charge in [-0.15, -0.1) is 0 Å². The fraction of sp³-hybridized carbons (Fsp3) is 1.00. The normalized spacial score (nSPS) is 40.6. The van der Waals surface area contributed by atoms with E-state index in [-0.39, 0.29) is 0 Å². The zero-order valence-electron chi connectivity index (χ0n) is 9.97. The summed E-state index contributed by atoms with van der Waals surface area (Å²) in [6, 6.07) is 1.64. The Bertz CT molecular complexity index is 225. The Morgan fingerprint density at radius 3 is 2.60 bits per heavy atom. The third-order valence-corrected chi connectivity index (χ3v) is 4.85. The summed E-state index contributed by atoms with van der Waals surface area (Å²) in [6.45, 7) is 6.40. The molecule has 1 spiro atoms. The van der Waals surface area contributed by atoms with Gasteiger partial charge in [0.25, 0.3) is 0 Å². The van der Waals surface area contributed by atoms with Gasteiger partial charge < -0.3 is 5.32 Å². The van der Waals surface area contributed by atoms with E-state index in [0.29, 0.717) is 0 Å². The Morgan fingerprint density at radius 1 is 1.20 bits per heavy atom. The van der Waals surface area contributed by atoms with E-state index in [2.05, 4.69) is 17.1 Å². The molecule has 1 N–H and O–H groups in total. The minimum Gasteiger partial charge on any atom is -0.314 e. The SMILES string of the molecule is CC1CC(N2CC3(CCCC3)C2)CCN1. The Labute approximate surface area is 93.4 Å². The van der Waals surface area contributed by atoms with Crippen LogP contribution in [0.5, 0.6) is 0 Å². The highest BCUT2D eigenvalue weighted by Crippen LogP contribution is 2.46. The Morgan fingerprint density at radius 2 is 1.93 bits per heavy atom. The maximum absolute atomic E-state index is 3.55. The first-order valence-corrected chi connectivity index (χ1v) is 6.75. The lowest BCUT2D eigenvalue weighted by Gasteiger charge is -2.53. The molecule has 3 rings (SSSR count). The Hall–Kier alpha value is -0.0800. The molecule has 3 aliphatic rings. The van der Waals surface area contributed by atoms with Gasteiger partial charge in [0.2, 0.25) is 0 Å². The number of hydrogen-bond donors (Lipinski definition) is 1. The molecule has 2 nitrogen and oxygen atoms in total. The van der Waals surface area contributed by atoms with Gasteiger partial charge in [-0.1, -0.05) is 12.8 Å². The summed E-state index contributed by atoms with van der Waals surface area (Å²) in [7, 11) is 0. The standard InChI is InChI=1S/C13H24N2/c1-11-8-12(4-7-14-11)15-9-13(10-15)5-2-3-6-13/h11-12,14H,2-10H2,1H3. The van der Waals surface area contributed by atoms with E-state index in [1.807, 2.05) is 0 Å². The number of nitrogens with zero attached hydrogens (tertiary/aromatic N) is 1. The minimum absolute atomic E-state index is 0.740. The molecule has 0 aromatic carbocycles. The van der Waals surface area contributed by atoms with Crippen LogP contribution in [0.15, 0.2) is 0 Å². The van der Waals surface area contributed by atoms with Crippen LogP contribution in [-0.2, 0) is 0 Å². The van der Waals surface area contributed by atoms with Crippen LogP contribution in [0.25, 0.3) is 0 Å². The average molecular weight is 208 g/mol. The molecule has 0 amide bonds. The molecule has 0 aromatic rings. The van der Waals surface area contributed by atoms with Crippen LogP contribution < -0.4 is 5.32 Å². The molecule has 0 bridgehead atoms. The van der Waals surface area contributed by atoms with E-state index in [0.717, 1.165) is 17.5 Å². The van der Waals surface area contributed by atoms with Gasteiger partial charge in [0.1, 0.15) is 0 Å². The van der Waals surface area contributed by atoms with Gasteiger partial charge in [0.05, 0.1) is 0 Å². The van der Waals surface area contributed by atoms with Gasteiger partial charge in [-0.05, 0) is 44.6 Å². The molecule has 2 heterocycles. The first-order valence-electron chi connectivity index (χ1n) is 6.75. The molecule has 15 heavy (non-hydrogen) atoms. The van der Waals surface area contributed by atoms with E-state index in [4.69, 9.17) is 0 Å².